The standard InChI is InChI=1S/C20H33N5O/c1-13(2)14-3-5-25(6-4-14)20-21-11-19(12-22-20)23-17-7-15-9-18(24-26)10-16(15)8-17/h11-18,23-24,26H,3-10H2,1-2H3. The molecule has 26 heavy (non-hydrogen) atoms. The highest BCUT2D eigenvalue weighted by molar-refractivity contribution is 5.43. The number of hydrogen-bond acceptors (Lipinski definition) is 6. The largest absolute Gasteiger partial charge is 0.380 e. The molecule has 0 bridgehead atoms. The van der Waals surface area contributed by atoms with Crippen molar-refractivity contribution >= 4 is 11.6 Å². The number of anilines is 2. The molecule has 1 saturated heterocycles. The lowest BCUT2D eigenvalue weighted by atomic mass is 9.87. The predicted octanol–water partition coefficient (Wildman–Crippen LogP) is 3.30. The van der Waals surface area contributed by atoms with Gasteiger partial charge in [0.1, 0.15) is 0 Å². The molecule has 6 heteroatoms. The molecule has 1 aromatic heterocycles. The molecular weight excluding hydrogens is 326 g/mol. The second kappa shape index (κ2) is 7.69. The van der Waals surface area contributed by atoms with Crippen LogP contribution in [0.3, 0.4) is 0 Å². The van der Waals surface area contributed by atoms with Crippen LogP contribution in [0.25, 0.3) is 0 Å². The van der Waals surface area contributed by atoms with Gasteiger partial charge in [0.2, 0.25) is 5.95 Å². The zero-order valence-electron chi connectivity index (χ0n) is 16.1. The van der Waals surface area contributed by atoms with Crippen molar-refractivity contribution in [1.29, 1.82) is 0 Å². The molecule has 0 spiro atoms. The third-order valence-electron chi connectivity index (χ3n) is 6.97. The van der Waals surface area contributed by atoms with E-state index in [1.54, 1.807) is 0 Å². The Hall–Kier alpha value is -1.40. The van der Waals surface area contributed by atoms with E-state index in [2.05, 4.69) is 39.5 Å². The number of nitrogens with one attached hydrogen (secondary N) is 2. The summed E-state index contributed by atoms with van der Waals surface area (Å²) in [5.41, 5.74) is 3.49. The third-order valence-corrected chi connectivity index (χ3v) is 6.97. The number of piperidine rings is 1. The summed E-state index contributed by atoms with van der Waals surface area (Å²) in [6.07, 6.45) is 11.0. The van der Waals surface area contributed by atoms with Crippen molar-refractivity contribution in [3.63, 3.8) is 0 Å². The third kappa shape index (κ3) is 3.81. The highest BCUT2D eigenvalue weighted by atomic mass is 16.5. The van der Waals surface area contributed by atoms with E-state index in [4.69, 9.17) is 5.21 Å². The Bertz CT molecular complexity index is 570. The van der Waals surface area contributed by atoms with Crippen LogP contribution in [-0.2, 0) is 0 Å². The molecule has 4 rings (SSSR count). The van der Waals surface area contributed by atoms with Crippen LogP contribution < -0.4 is 15.7 Å². The van der Waals surface area contributed by atoms with Crippen LogP contribution in [-0.4, -0.2) is 40.3 Å². The highest BCUT2D eigenvalue weighted by Gasteiger charge is 2.41. The highest BCUT2D eigenvalue weighted by Crippen LogP contribution is 2.44. The molecule has 2 unspecified atom stereocenters. The van der Waals surface area contributed by atoms with E-state index >= 15 is 0 Å². The molecule has 2 heterocycles. The van der Waals surface area contributed by atoms with Gasteiger partial charge in [-0.2, -0.15) is 0 Å². The molecule has 2 saturated carbocycles. The zero-order valence-corrected chi connectivity index (χ0v) is 16.1. The fraction of sp³-hybridized carbons (Fsp3) is 0.800. The second-order valence-corrected chi connectivity index (χ2v) is 8.97. The molecule has 0 radical (unpaired) electrons. The van der Waals surface area contributed by atoms with Crippen LogP contribution in [0.4, 0.5) is 11.6 Å². The number of aromatic nitrogens is 2. The second-order valence-electron chi connectivity index (χ2n) is 8.97. The number of hydroxylamine groups is 1. The summed E-state index contributed by atoms with van der Waals surface area (Å²) in [5.74, 6) is 3.96. The van der Waals surface area contributed by atoms with Gasteiger partial charge < -0.3 is 15.4 Å². The van der Waals surface area contributed by atoms with Crippen molar-refractivity contribution in [2.75, 3.05) is 23.3 Å². The lowest BCUT2D eigenvalue weighted by Gasteiger charge is -2.33. The van der Waals surface area contributed by atoms with Crippen molar-refractivity contribution in [2.24, 2.45) is 23.7 Å². The molecule has 0 amide bonds. The number of hydrogen-bond donors (Lipinski definition) is 3. The van der Waals surface area contributed by atoms with Crippen LogP contribution in [0.2, 0.25) is 0 Å². The first-order chi connectivity index (χ1) is 12.6. The fourth-order valence-electron chi connectivity index (χ4n) is 5.40. The summed E-state index contributed by atoms with van der Waals surface area (Å²) in [7, 11) is 0. The summed E-state index contributed by atoms with van der Waals surface area (Å²) in [4.78, 5) is 11.6. The minimum atomic E-state index is 0.299. The van der Waals surface area contributed by atoms with E-state index in [1.807, 2.05) is 12.4 Å². The van der Waals surface area contributed by atoms with E-state index in [9.17, 15) is 0 Å². The number of rotatable bonds is 5. The minimum absolute atomic E-state index is 0.299. The molecule has 0 aromatic carbocycles. The van der Waals surface area contributed by atoms with Gasteiger partial charge in [0.05, 0.1) is 18.1 Å². The van der Waals surface area contributed by atoms with Gasteiger partial charge in [0, 0.05) is 25.2 Å². The van der Waals surface area contributed by atoms with Crippen molar-refractivity contribution in [3.05, 3.63) is 12.4 Å². The summed E-state index contributed by atoms with van der Waals surface area (Å²) in [5, 5.41) is 12.7. The lowest BCUT2D eigenvalue weighted by molar-refractivity contribution is 0.124. The first-order valence-electron chi connectivity index (χ1n) is 10.4. The van der Waals surface area contributed by atoms with E-state index in [1.165, 1.54) is 25.7 Å². The summed E-state index contributed by atoms with van der Waals surface area (Å²) < 4.78 is 0. The Balaban J connectivity index is 1.28. The Morgan fingerprint density at radius 3 is 2.12 bits per heavy atom. The maximum absolute atomic E-state index is 9.11. The quantitative estimate of drug-likeness (QED) is 0.701. The Kier molecular flexibility index (Phi) is 5.32. The van der Waals surface area contributed by atoms with Gasteiger partial charge in [-0.3, -0.25) is 0 Å². The topological polar surface area (TPSA) is 73.3 Å². The molecule has 6 nitrogen and oxygen atoms in total. The Morgan fingerprint density at radius 1 is 1.00 bits per heavy atom. The number of nitrogens with zero attached hydrogens (tertiary/aromatic N) is 3. The molecule has 2 atom stereocenters. The van der Waals surface area contributed by atoms with Gasteiger partial charge in [-0.25, -0.2) is 15.4 Å². The monoisotopic (exact) mass is 359 g/mol. The molecule has 3 fully saturated rings. The average Bonchev–Trinajstić information content (AvgIpc) is 3.20. The van der Waals surface area contributed by atoms with Crippen LogP contribution in [0.1, 0.15) is 52.4 Å². The van der Waals surface area contributed by atoms with Gasteiger partial charge >= 0.3 is 0 Å². The van der Waals surface area contributed by atoms with Gasteiger partial charge in [-0.1, -0.05) is 13.8 Å². The van der Waals surface area contributed by atoms with Crippen molar-refractivity contribution in [3.8, 4) is 0 Å². The zero-order chi connectivity index (χ0) is 18.1. The maximum Gasteiger partial charge on any atom is 0.225 e. The minimum Gasteiger partial charge on any atom is -0.380 e. The van der Waals surface area contributed by atoms with Crippen molar-refractivity contribution in [1.82, 2.24) is 15.4 Å². The van der Waals surface area contributed by atoms with Crippen LogP contribution in [0.15, 0.2) is 12.4 Å². The maximum atomic E-state index is 9.11. The summed E-state index contributed by atoms with van der Waals surface area (Å²) >= 11 is 0. The predicted molar refractivity (Wildman–Crippen MR) is 103 cm³/mol. The van der Waals surface area contributed by atoms with Crippen LogP contribution in [0, 0.1) is 23.7 Å². The van der Waals surface area contributed by atoms with E-state index in [0.29, 0.717) is 12.1 Å². The Morgan fingerprint density at radius 2 is 1.58 bits per heavy atom. The molecule has 3 N–H and O–H groups in total. The summed E-state index contributed by atoms with van der Waals surface area (Å²) in [6.45, 7) is 6.80. The normalized spacial score (nSPS) is 32.2. The van der Waals surface area contributed by atoms with E-state index in [-0.39, 0.29) is 0 Å². The van der Waals surface area contributed by atoms with Crippen LogP contribution in [0.5, 0.6) is 0 Å². The summed E-state index contributed by atoms with van der Waals surface area (Å²) in [6, 6.07) is 0.814. The van der Waals surface area contributed by atoms with Gasteiger partial charge in [-0.15, -0.1) is 0 Å². The molecule has 1 aromatic rings. The number of fused-ring (bicyclic) bond motifs is 1. The fourth-order valence-corrected chi connectivity index (χ4v) is 5.40. The first-order valence-corrected chi connectivity index (χ1v) is 10.4. The molecular formula is C20H33N5O. The first kappa shape index (κ1) is 18.0. The van der Waals surface area contributed by atoms with E-state index < -0.39 is 0 Å². The smallest absolute Gasteiger partial charge is 0.225 e. The molecule has 2 aliphatic carbocycles. The molecule has 144 valence electrons. The van der Waals surface area contributed by atoms with Gasteiger partial charge in [0.25, 0.3) is 0 Å². The SMILES string of the molecule is CC(C)C1CCN(c2ncc(NC3CC4CC(NO)CC4C3)cn2)CC1. The van der Waals surface area contributed by atoms with Crippen molar-refractivity contribution < 1.29 is 5.21 Å². The van der Waals surface area contributed by atoms with Crippen LogP contribution >= 0.6 is 0 Å². The van der Waals surface area contributed by atoms with Gasteiger partial charge in [0.15, 0.2) is 0 Å². The van der Waals surface area contributed by atoms with E-state index in [0.717, 1.165) is 61.2 Å². The molecule has 1 aliphatic heterocycles. The van der Waals surface area contributed by atoms with Crippen molar-refractivity contribution in [2.45, 2.75) is 64.5 Å². The average molecular weight is 360 g/mol. The van der Waals surface area contributed by atoms with Gasteiger partial charge in [-0.05, 0) is 62.2 Å². The lowest BCUT2D eigenvalue weighted by Crippen LogP contribution is -2.36. The Labute approximate surface area is 156 Å². The molecule has 3 aliphatic rings.